The van der Waals surface area contributed by atoms with Crippen molar-refractivity contribution in [1.82, 2.24) is 14.9 Å². The Hall–Kier alpha value is -1.20. The van der Waals surface area contributed by atoms with Crippen molar-refractivity contribution < 1.29 is 9.47 Å². The molecular weight excluding hydrogens is 290 g/mol. The van der Waals surface area contributed by atoms with E-state index in [1.54, 1.807) is 12.4 Å². The highest BCUT2D eigenvalue weighted by atomic mass is 16.5. The van der Waals surface area contributed by atoms with E-state index in [1.807, 2.05) is 6.92 Å². The number of ether oxygens (including phenoxy) is 2. The van der Waals surface area contributed by atoms with Crippen molar-refractivity contribution in [3.8, 4) is 5.88 Å². The Bertz CT molecular complexity index is 526. The van der Waals surface area contributed by atoms with Crippen LogP contribution in [0.2, 0.25) is 0 Å². The van der Waals surface area contributed by atoms with Gasteiger partial charge in [0, 0.05) is 11.6 Å². The standard InChI is InChI=1S/C18H29N3O2/c1-14-10-20-16(11-19-14)22-12-15-6-8-18(7-5-9-21(15)18)13-23-17(2,3)4/h10-11,15H,5-9,12-13H2,1-4H3/t15-,18-/m0/s1. The lowest BCUT2D eigenvalue weighted by Gasteiger charge is -2.37. The van der Waals surface area contributed by atoms with Crippen molar-refractivity contribution in [2.45, 2.75) is 70.6 Å². The maximum absolute atomic E-state index is 6.14. The molecule has 3 rings (SSSR count). The van der Waals surface area contributed by atoms with Gasteiger partial charge in [0.25, 0.3) is 0 Å². The first-order valence-corrected chi connectivity index (χ1v) is 8.70. The van der Waals surface area contributed by atoms with Gasteiger partial charge < -0.3 is 9.47 Å². The largest absolute Gasteiger partial charge is 0.475 e. The molecule has 2 saturated heterocycles. The minimum absolute atomic E-state index is 0.0743. The summed E-state index contributed by atoms with van der Waals surface area (Å²) in [6.45, 7) is 11.0. The number of nitrogens with zero attached hydrogens (tertiary/aromatic N) is 3. The van der Waals surface area contributed by atoms with Gasteiger partial charge in [-0.25, -0.2) is 4.98 Å². The summed E-state index contributed by atoms with van der Waals surface area (Å²) in [7, 11) is 0. The molecule has 0 radical (unpaired) electrons. The molecule has 0 saturated carbocycles. The molecule has 128 valence electrons. The van der Waals surface area contributed by atoms with E-state index in [0.29, 0.717) is 18.5 Å². The van der Waals surface area contributed by atoms with Crippen LogP contribution in [0.5, 0.6) is 5.88 Å². The highest BCUT2D eigenvalue weighted by Crippen LogP contribution is 2.43. The predicted molar refractivity (Wildman–Crippen MR) is 89.7 cm³/mol. The summed E-state index contributed by atoms with van der Waals surface area (Å²) in [6, 6.07) is 0.462. The third-order valence-electron chi connectivity index (χ3n) is 4.99. The molecule has 2 fully saturated rings. The molecule has 2 atom stereocenters. The van der Waals surface area contributed by atoms with Crippen LogP contribution < -0.4 is 4.74 Å². The van der Waals surface area contributed by atoms with Crippen molar-refractivity contribution in [3.05, 3.63) is 18.1 Å². The second kappa shape index (κ2) is 6.36. The Balaban J connectivity index is 1.59. The Morgan fingerprint density at radius 3 is 2.78 bits per heavy atom. The van der Waals surface area contributed by atoms with Gasteiger partial charge in [-0.05, 0) is 59.9 Å². The first-order chi connectivity index (χ1) is 10.9. The summed E-state index contributed by atoms with van der Waals surface area (Å²) in [5.41, 5.74) is 1.06. The van der Waals surface area contributed by atoms with Crippen LogP contribution in [0.3, 0.4) is 0 Å². The monoisotopic (exact) mass is 319 g/mol. The van der Waals surface area contributed by atoms with Crippen molar-refractivity contribution in [1.29, 1.82) is 0 Å². The van der Waals surface area contributed by atoms with Crippen LogP contribution in [0.4, 0.5) is 0 Å². The maximum atomic E-state index is 6.14. The molecule has 23 heavy (non-hydrogen) atoms. The second-order valence-electron chi connectivity index (χ2n) is 7.92. The molecule has 2 aliphatic rings. The zero-order valence-electron chi connectivity index (χ0n) is 14.8. The summed E-state index contributed by atoms with van der Waals surface area (Å²) in [5.74, 6) is 0.623. The average Bonchev–Trinajstić information content (AvgIpc) is 3.04. The lowest BCUT2D eigenvalue weighted by atomic mass is 9.95. The number of aromatic nitrogens is 2. The Morgan fingerprint density at radius 1 is 1.26 bits per heavy atom. The quantitative estimate of drug-likeness (QED) is 0.835. The minimum atomic E-state index is -0.0743. The average molecular weight is 319 g/mol. The van der Waals surface area contributed by atoms with Gasteiger partial charge in [0.05, 0.1) is 30.3 Å². The summed E-state index contributed by atoms with van der Waals surface area (Å²) in [6.07, 6.45) is 8.34. The van der Waals surface area contributed by atoms with E-state index in [0.717, 1.165) is 18.8 Å². The molecule has 0 bridgehead atoms. The molecule has 0 aliphatic carbocycles. The molecule has 1 aromatic heterocycles. The van der Waals surface area contributed by atoms with Crippen molar-refractivity contribution in [2.24, 2.45) is 0 Å². The fourth-order valence-electron chi connectivity index (χ4n) is 3.78. The first-order valence-electron chi connectivity index (χ1n) is 8.70. The minimum Gasteiger partial charge on any atom is -0.475 e. The van der Waals surface area contributed by atoms with Gasteiger partial charge in [0.2, 0.25) is 5.88 Å². The van der Waals surface area contributed by atoms with Crippen LogP contribution in [0.1, 0.15) is 52.1 Å². The smallest absolute Gasteiger partial charge is 0.232 e. The van der Waals surface area contributed by atoms with Crippen LogP contribution in [-0.4, -0.2) is 51.8 Å². The van der Waals surface area contributed by atoms with Crippen LogP contribution in [-0.2, 0) is 4.74 Å². The van der Waals surface area contributed by atoms with Gasteiger partial charge in [0.1, 0.15) is 6.61 Å². The molecule has 5 heteroatoms. The van der Waals surface area contributed by atoms with Gasteiger partial charge >= 0.3 is 0 Å². The first kappa shape index (κ1) is 16.7. The number of fused-ring (bicyclic) bond motifs is 1. The lowest BCUT2D eigenvalue weighted by Crippen LogP contribution is -2.48. The van der Waals surface area contributed by atoms with E-state index in [4.69, 9.17) is 9.47 Å². The topological polar surface area (TPSA) is 47.5 Å². The van der Waals surface area contributed by atoms with Gasteiger partial charge in [0.15, 0.2) is 0 Å². The highest BCUT2D eigenvalue weighted by molar-refractivity contribution is 5.08. The highest BCUT2D eigenvalue weighted by Gasteiger charge is 2.49. The molecule has 2 aliphatic heterocycles. The van der Waals surface area contributed by atoms with Crippen molar-refractivity contribution in [2.75, 3.05) is 19.8 Å². The fourth-order valence-corrected chi connectivity index (χ4v) is 3.78. The van der Waals surface area contributed by atoms with Crippen LogP contribution in [0.25, 0.3) is 0 Å². The summed E-state index contributed by atoms with van der Waals surface area (Å²) >= 11 is 0. The molecule has 3 heterocycles. The molecule has 1 aromatic rings. The van der Waals surface area contributed by atoms with E-state index >= 15 is 0 Å². The number of rotatable bonds is 5. The van der Waals surface area contributed by atoms with E-state index in [2.05, 4.69) is 35.6 Å². The molecule has 5 nitrogen and oxygen atoms in total. The molecule has 0 amide bonds. The number of hydrogen-bond donors (Lipinski definition) is 0. The number of aryl methyl sites for hydroxylation is 1. The normalized spacial score (nSPS) is 28.1. The molecule has 0 spiro atoms. The van der Waals surface area contributed by atoms with Gasteiger partial charge in [-0.15, -0.1) is 0 Å². The number of hydrogen-bond acceptors (Lipinski definition) is 5. The molecule has 0 N–H and O–H groups in total. The summed E-state index contributed by atoms with van der Waals surface area (Å²) in [4.78, 5) is 11.1. The maximum Gasteiger partial charge on any atom is 0.232 e. The van der Waals surface area contributed by atoms with E-state index in [-0.39, 0.29) is 11.1 Å². The van der Waals surface area contributed by atoms with Crippen LogP contribution in [0, 0.1) is 6.92 Å². The second-order valence-corrected chi connectivity index (χ2v) is 7.92. The molecule has 0 unspecified atom stereocenters. The van der Waals surface area contributed by atoms with E-state index < -0.39 is 0 Å². The van der Waals surface area contributed by atoms with E-state index in [9.17, 15) is 0 Å². The molecule has 0 aromatic carbocycles. The third kappa shape index (κ3) is 3.83. The Morgan fingerprint density at radius 2 is 2.09 bits per heavy atom. The zero-order chi connectivity index (χ0) is 16.5. The van der Waals surface area contributed by atoms with Crippen molar-refractivity contribution in [3.63, 3.8) is 0 Å². The van der Waals surface area contributed by atoms with Crippen molar-refractivity contribution >= 4 is 0 Å². The summed E-state index contributed by atoms with van der Waals surface area (Å²) < 4.78 is 12.0. The third-order valence-corrected chi connectivity index (χ3v) is 4.99. The van der Waals surface area contributed by atoms with Gasteiger partial charge in [-0.2, -0.15) is 0 Å². The predicted octanol–water partition coefficient (Wildman–Crippen LogP) is 2.98. The Kier molecular flexibility index (Phi) is 4.61. The summed E-state index contributed by atoms with van der Waals surface area (Å²) in [5, 5.41) is 0. The van der Waals surface area contributed by atoms with Gasteiger partial charge in [-0.3, -0.25) is 9.88 Å². The van der Waals surface area contributed by atoms with E-state index in [1.165, 1.54) is 25.7 Å². The van der Waals surface area contributed by atoms with Crippen LogP contribution in [0.15, 0.2) is 12.4 Å². The zero-order valence-corrected chi connectivity index (χ0v) is 14.8. The van der Waals surface area contributed by atoms with Gasteiger partial charge in [-0.1, -0.05) is 0 Å². The molecular formula is C18H29N3O2. The van der Waals surface area contributed by atoms with Crippen LogP contribution >= 0.6 is 0 Å². The SMILES string of the molecule is Cc1cnc(OC[C@@H]2CC[C@]3(COC(C)(C)C)CCCN23)cn1. The Labute approximate surface area is 139 Å². The fraction of sp³-hybridized carbons (Fsp3) is 0.778. The lowest BCUT2D eigenvalue weighted by molar-refractivity contribution is -0.0584.